The van der Waals surface area contributed by atoms with Crippen LogP contribution in [0.5, 0.6) is 0 Å². The molecular weight excluding hydrogens is 301 g/mol. The number of nitrogens with two attached hydrogens (primary N) is 1. The second-order valence-corrected chi connectivity index (χ2v) is 4.70. The van der Waals surface area contributed by atoms with Crippen LogP contribution in [0.25, 0.3) is 11.4 Å². The minimum atomic E-state index is -4.64. The second-order valence-electron chi connectivity index (χ2n) is 4.70. The number of halogens is 3. The summed E-state index contributed by atoms with van der Waals surface area (Å²) >= 11 is 0. The molecule has 0 aliphatic carbocycles. The number of fused-ring (bicyclic) bond motifs is 1. The van der Waals surface area contributed by atoms with Gasteiger partial charge in [0.15, 0.2) is 0 Å². The van der Waals surface area contributed by atoms with E-state index in [0.717, 1.165) is 0 Å². The van der Waals surface area contributed by atoms with Crippen molar-refractivity contribution in [2.24, 2.45) is 0 Å². The normalized spacial score (nSPS) is 14.7. The average molecular weight is 314 g/mol. The fourth-order valence-electron chi connectivity index (χ4n) is 2.32. The zero-order valence-corrected chi connectivity index (χ0v) is 11.6. The Kier molecular flexibility index (Phi) is 3.39. The summed E-state index contributed by atoms with van der Waals surface area (Å²) in [5.41, 5.74) is 4.98. The van der Waals surface area contributed by atoms with E-state index in [9.17, 15) is 13.2 Å². The Morgan fingerprint density at radius 3 is 2.77 bits per heavy atom. The Balaban J connectivity index is 2.21. The van der Waals surface area contributed by atoms with Gasteiger partial charge in [0.25, 0.3) is 0 Å². The number of nitrogen functional groups attached to an aromatic ring is 1. The van der Waals surface area contributed by atoms with Gasteiger partial charge in [-0.3, -0.25) is 4.68 Å². The van der Waals surface area contributed by atoms with Gasteiger partial charge in [-0.15, -0.1) is 0 Å². The largest absolute Gasteiger partial charge is 0.422 e. The zero-order chi connectivity index (χ0) is 15.9. The van der Waals surface area contributed by atoms with Crippen molar-refractivity contribution in [3.8, 4) is 11.4 Å². The van der Waals surface area contributed by atoms with Gasteiger partial charge in [0, 0.05) is 7.05 Å². The Bertz CT molecular complexity index is 688. The zero-order valence-electron chi connectivity index (χ0n) is 11.6. The van der Waals surface area contributed by atoms with Crippen LogP contribution < -0.4 is 11.1 Å². The maximum atomic E-state index is 13.4. The predicted molar refractivity (Wildman–Crippen MR) is 71.9 cm³/mol. The molecule has 0 fully saturated rings. The third kappa shape index (κ3) is 2.45. The summed E-state index contributed by atoms with van der Waals surface area (Å²) in [6.45, 7) is 1.25. The van der Waals surface area contributed by atoms with Crippen molar-refractivity contribution in [1.82, 2.24) is 19.7 Å². The molecule has 1 aliphatic heterocycles. The highest BCUT2D eigenvalue weighted by molar-refractivity contribution is 5.68. The Labute approximate surface area is 123 Å². The number of aromatic nitrogens is 4. The van der Waals surface area contributed by atoms with Crippen LogP contribution in [-0.2, 0) is 24.1 Å². The van der Waals surface area contributed by atoms with Crippen LogP contribution in [-0.4, -0.2) is 33.4 Å². The summed E-state index contributed by atoms with van der Waals surface area (Å²) in [7, 11) is 1.34. The molecule has 10 heteroatoms. The van der Waals surface area contributed by atoms with E-state index in [2.05, 4.69) is 20.4 Å². The molecule has 22 heavy (non-hydrogen) atoms. The summed E-state index contributed by atoms with van der Waals surface area (Å²) in [5.74, 6) is -0.633. The molecule has 0 bridgehead atoms. The molecule has 3 heterocycles. The molecule has 0 unspecified atom stereocenters. The van der Waals surface area contributed by atoms with E-state index >= 15 is 0 Å². The topological polar surface area (TPSA) is 90.9 Å². The molecule has 0 atom stereocenters. The fourth-order valence-corrected chi connectivity index (χ4v) is 2.32. The van der Waals surface area contributed by atoms with Gasteiger partial charge in [-0.2, -0.15) is 23.3 Å². The summed E-state index contributed by atoms with van der Waals surface area (Å²) < 4.78 is 47.0. The van der Waals surface area contributed by atoms with E-state index < -0.39 is 11.7 Å². The van der Waals surface area contributed by atoms with Crippen molar-refractivity contribution in [3.05, 3.63) is 17.3 Å². The van der Waals surface area contributed by atoms with Gasteiger partial charge >= 0.3 is 6.18 Å². The number of hydrogen-bond donors (Lipinski definition) is 2. The molecule has 3 rings (SSSR count). The first-order valence-electron chi connectivity index (χ1n) is 6.47. The first-order valence-corrected chi connectivity index (χ1v) is 6.47. The third-order valence-electron chi connectivity index (χ3n) is 3.25. The van der Waals surface area contributed by atoms with Gasteiger partial charge in [0.05, 0.1) is 25.5 Å². The van der Waals surface area contributed by atoms with Crippen LogP contribution in [0.1, 0.15) is 11.3 Å². The highest BCUT2D eigenvalue weighted by atomic mass is 19.4. The summed E-state index contributed by atoms with van der Waals surface area (Å²) in [5, 5.41) is 6.58. The fraction of sp³-hybridized carbons (Fsp3) is 0.417. The third-order valence-corrected chi connectivity index (χ3v) is 3.25. The molecular formula is C12H13F3N6O. The van der Waals surface area contributed by atoms with Gasteiger partial charge in [0.2, 0.25) is 5.95 Å². The van der Waals surface area contributed by atoms with E-state index in [-0.39, 0.29) is 23.2 Å². The van der Waals surface area contributed by atoms with E-state index in [1.54, 1.807) is 4.68 Å². The van der Waals surface area contributed by atoms with Gasteiger partial charge in [-0.05, 0) is 6.07 Å². The maximum Gasteiger partial charge on any atom is 0.422 e. The van der Waals surface area contributed by atoms with Gasteiger partial charge in [-0.1, -0.05) is 0 Å². The van der Waals surface area contributed by atoms with E-state index in [0.29, 0.717) is 25.5 Å². The molecule has 3 N–H and O–H groups in total. The maximum absolute atomic E-state index is 13.4. The van der Waals surface area contributed by atoms with Crippen LogP contribution in [0, 0.1) is 0 Å². The molecule has 7 nitrogen and oxygen atoms in total. The highest BCUT2D eigenvalue weighted by Gasteiger charge is 2.39. The first kappa shape index (κ1) is 14.6. The van der Waals surface area contributed by atoms with Crippen LogP contribution in [0.15, 0.2) is 6.07 Å². The number of nitrogens with zero attached hydrogens (tertiary/aromatic N) is 4. The van der Waals surface area contributed by atoms with Crippen LogP contribution in [0.2, 0.25) is 0 Å². The molecule has 118 valence electrons. The molecule has 0 saturated carbocycles. The SMILES string of the molecule is CNc1nc(N)nc(-c2cc3n(n2)CCOC3)c1C(F)(F)F. The lowest BCUT2D eigenvalue weighted by molar-refractivity contribution is -0.136. The number of alkyl halides is 3. The standard InChI is InChI=1S/C12H13F3N6O/c1-17-10-8(12(13,14)15)9(18-11(16)19-10)7-4-6-5-22-3-2-21(6)20-7/h4H,2-3,5H2,1H3,(H3,16,17,18,19). The lowest BCUT2D eigenvalue weighted by atomic mass is 10.1. The van der Waals surface area contributed by atoms with Gasteiger partial charge in [0.1, 0.15) is 22.8 Å². The van der Waals surface area contributed by atoms with Gasteiger partial charge < -0.3 is 15.8 Å². The number of ether oxygens (including phenoxy) is 1. The predicted octanol–water partition coefficient (Wildman–Crippen LogP) is 1.51. The summed E-state index contributed by atoms with van der Waals surface area (Å²) in [6, 6.07) is 1.52. The van der Waals surface area contributed by atoms with Crippen molar-refractivity contribution < 1.29 is 17.9 Å². The van der Waals surface area contributed by atoms with Crippen molar-refractivity contribution in [2.75, 3.05) is 24.7 Å². The Morgan fingerprint density at radius 2 is 2.14 bits per heavy atom. The Morgan fingerprint density at radius 1 is 1.36 bits per heavy atom. The number of anilines is 2. The average Bonchev–Trinajstić information content (AvgIpc) is 2.88. The minimum Gasteiger partial charge on any atom is -0.373 e. The highest BCUT2D eigenvalue weighted by Crippen LogP contribution is 2.40. The van der Waals surface area contributed by atoms with Crippen LogP contribution in [0.4, 0.5) is 24.9 Å². The molecule has 0 spiro atoms. The monoisotopic (exact) mass is 314 g/mol. The van der Waals surface area contributed by atoms with E-state index in [1.807, 2.05) is 0 Å². The lowest BCUT2D eigenvalue weighted by Crippen LogP contribution is -2.17. The molecule has 2 aromatic heterocycles. The first-order chi connectivity index (χ1) is 10.4. The number of rotatable bonds is 2. The summed E-state index contributed by atoms with van der Waals surface area (Å²) in [6.07, 6.45) is -4.64. The van der Waals surface area contributed by atoms with Crippen molar-refractivity contribution >= 4 is 11.8 Å². The van der Waals surface area contributed by atoms with E-state index in [1.165, 1.54) is 13.1 Å². The molecule has 0 amide bonds. The van der Waals surface area contributed by atoms with Crippen LogP contribution >= 0.6 is 0 Å². The molecule has 0 radical (unpaired) electrons. The van der Waals surface area contributed by atoms with Crippen molar-refractivity contribution in [3.63, 3.8) is 0 Å². The second kappa shape index (κ2) is 5.13. The number of hydrogen-bond acceptors (Lipinski definition) is 6. The number of nitrogens with one attached hydrogen (secondary N) is 1. The molecule has 0 aromatic carbocycles. The van der Waals surface area contributed by atoms with E-state index in [4.69, 9.17) is 10.5 Å². The molecule has 0 saturated heterocycles. The van der Waals surface area contributed by atoms with Crippen LogP contribution in [0.3, 0.4) is 0 Å². The minimum absolute atomic E-state index is 0.0958. The quantitative estimate of drug-likeness (QED) is 0.873. The molecule has 2 aromatic rings. The molecule has 1 aliphatic rings. The van der Waals surface area contributed by atoms with Crippen molar-refractivity contribution in [1.29, 1.82) is 0 Å². The Hall–Kier alpha value is -2.36. The summed E-state index contributed by atoms with van der Waals surface area (Å²) in [4.78, 5) is 7.35. The van der Waals surface area contributed by atoms with Crippen molar-refractivity contribution in [2.45, 2.75) is 19.3 Å². The lowest BCUT2D eigenvalue weighted by Gasteiger charge is -2.15. The van der Waals surface area contributed by atoms with Gasteiger partial charge in [-0.25, -0.2) is 4.98 Å². The smallest absolute Gasteiger partial charge is 0.373 e.